The van der Waals surface area contributed by atoms with Gasteiger partial charge in [-0.25, -0.2) is 0 Å². The van der Waals surface area contributed by atoms with Gasteiger partial charge in [-0.2, -0.15) is 0 Å². The van der Waals surface area contributed by atoms with Gasteiger partial charge in [0.2, 0.25) is 0 Å². The Balaban J connectivity index is 2.22. The van der Waals surface area contributed by atoms with E-state index in [0.717, 1.165) is 6.54 Å². The van der Waals surface area contributed by atoms with Gasteiger partial charge in [0, 0.05) is 27.3 Å². The monoisotopic (exact) mass is 241 g/mol. The van der Waals surface area contributed by atoms with Gasteiger partial charge in [0.25, 0.3) is 0 Å². The highest BCUT2D eigenvalue weighted by Crippen LogP contribution is 2.05. The number of hydrogen-bond donors (Lipinski definition) is 1. The molecule has 0 spiro atoms. The molecule has 1 aromatic carbocycles. The fourth-order valence-corrected chi connectivity index (χ4v) is 1.94. The van der Waals surface area contributed by atoms with E-state index in [4.69, 9.17) is 13.3 Å². The van der Waals surface area contributed by atoms with Crippen LogP contribution >= 0.6 is 0 Å². The van der Waals surface area contributed by atoms with Crippen molar-refractivity contribution in [3.63, 3.8) is 0 Å². The zero-order valence-electron chi connectivity index (χ0n) is 10.0. The Morgan fingerprint density at radius 1 is 1.12 bits per heavy atom. The van der Waals surface area contributed by atoms with Gasteiger partial charge < -0.3 is 13.3 Å². The largest absolute Gasteiger partial charge is 0.498 e. The Hall–Kier alpha value is -0.723. The van der Waals surface area contributed by atoms with E-state index in [1.807, 2.05) is 24.7 Å². The molecule has 0 unspecified atom stereocenters. The van der Waals surface area contributed by atoms with E-state index in [9.17, 15) is 0 Å². The molecule has 0 aliphatic heterocycles. The molecule has 0 aromatic heterocycles. The lowest BCUT2D eigenvalue weighted by atomic mass is 10.2. The summed E-state index contributed by atoms with van der Waals surface area (Å²) in [6, 6.07) is 10.2. The Kier molecular flexibility index (Phi) is 5.65. The second-order valence-corrected chi connectivity index (χ2v) is 6.30. The maximum absolute atomic E-state index is 5.53. The third-order valence-electron chi connectivity index (χ3n) is 2.35. The molecule has 4 nitrogen and oxygen atoms in total. The average Bonchev–Trinajstić information content (AvgIpc) is 2.36. The Morgan fingerprint density at radius 3 is 2.31 bits per heavy atom. The molecule has 1 rings (SSSR count). The highest BCUT2D eigenvalue weighted by Gasteiger charge is 2.31. The molecule has 0 radical (unpaired) electrons. The van der Waals surface area contributed by atoms with Crippen LogP contribution in [-0.4, -0.2) is 29.8 Å². The molecule has 90 valence electrons. The minimum atomic E-state index is -2.40. The summed E-state index contributed by atoms with van der Waals surface area (Å²) in [5.74, 6) is 0. The molecule has 0 heterocycles. The molecule has 0 amide bonds. The van der Waals surface area contributed by atoms with E-state index in [1.165, 1.54) is 5.56 Å². The van der Waals surface area contributed by atoms with Crippen LogP contribution in [0.3, 0.4) is 0 Å². The van der Waals surface area contributed by atoms with Gasteiger partial charge in [-0.15, -0.1) is 0 Å². The molecule has 0 aliphatic carbocycles. The van der Waals surface area contributed by atoms with Crippen LogP contribution < -0.4 is 5.32 Å². The zero-order chi connectivity index (χ0) is 11.9. The third kappa shape index (κ3) is 4.42. The summed E-state index contributed by atoms with van der Waals surface area (Å²) in [5, 5.41) is 3.18. The van der Waals surface area contributed by atoms with Gasteiger partial charge in [-0.05, 0) is 5.56 Å². The molecule has 0 saturated carbocycles. The van der Waals surface area contributed by atoms with Crippen LogP contribution in [0.4, 0.5) is 0 Å². The van der Waals surface area contributed by atoms with Crippen LogP contribution in [0.5, 0.6) is 0 Å². The Labute approximate surface area is 97.9 Å². The number of benzene rings is 1. The molecule has 1 aromatic rings. The van der Waals surface area contributed by atoms with E-state index in [0.29, 0.717) is 6.73 Å². The van der Waals surface area contributed by atoms with Crippen molar-refractivity contribution in [1.82, 2.24) is 5.32 Å². The van der Waals surface area contributed by atoms with Crippen molar-refractivity contribution < 1.29 is 13.3 Å². The SMILES string of the molecule is CO[Si](C)(OC)OCNCc1ccccc1. The highest BCUT2D eigenvalue weighted by molar-refractivity contribution is 6.59. The van der Waals surface area contributed by atoms with Gasteiger partial charge in [-0.1, -0.05) is 30.3 Å². The summed E-state index contributed by atoms with van der Waals surface area (Å²) in [4.78, 5) is 0. The van der Waals surface area contributed by atoms with Gasteiger partial charge in [-0.3, -0.25) is 5.32 Å². The lowest BCUT2D eigenvalue weighted by Gasteiger charge is -2.22. The van der Waals surface area contributed by atoms with Gasteiger partial charge in [0.1, 0.15) is 0 Å². The molecular formula is C11H19NO3Si. The molecular weight excluding hydrogens is 222 g/mol. The van der Waals surface area contributed by atoms with Crippen LogP contribution in [0.15, 0.2) is 30.3 Å². The van der Waals surface area contributed by atoms with Crippen molar-refractivity contribution in [3.8, 4) is 0 Å². The summed E-state index contributed by atoms with van der Waals surface area (Å²) in [5.41, 5.74) is 1.23. The standard InChI is InChI=1S/C11H19NO3Si/c1-13-16(3,14-2)15-10-12-9-11-7-5-4-6-8-11/h4-8,12H,9-10H2,1-3H3. The fourth-order valence-electron chi connectivity index (χ4n) is 1.17. The number of nitrogens with one attached hydrogen (secondary N) is 1. The van der Waals surface area contributed by atoms with E-state index in [-0.39, 0.29) is 0 Å². The molecule has 5 heteroatoms. The van der Waals surface area contributed by atoms with Crippen LogP contribution in [0.25, 0.3) is 0 Å². The maximum Gasteiger partial charge on any atom is 0.498 e. The van der Waals surface area contributed by atoms with E-state index < -0.39 is 8.80 Å². The predicted octanol–water partition coefficient (Wildman–Crippen LogP) is 1.61. The minimum absolute atomic E-state index is 0.430. The van der Waals surface area contributed by atoms with Gasteiger partial charge in [0.15, 0.2) is 0 Å². The van der Waals surface area contributed by atoms with Crippen molar-refractivity contribution in [3.05, 3.63) is 35.9 Å². The molecule has 16 heavy (non-hydrogen) atoms. The minimum Gasteiger partial charge on any atom is -0.377 e. The van der Waals surface area contributed by atoms with Gasteiger partial charge >= 0.3 is 8.80 Å². The van der Waals surface area contributed by atoms with Crippen molar-refractivity contribution in [2.24, 2.45) is 0 Å². The normalized spacial score (nSPS) is 11.7. The first-order valence-electron chi connectivity index (χ1n) is 5.19. The first kappa shape index (κ1) is 13.3. The Bertz CT molecular complexity index is 291. The number of rotatable bonds is 7. The van der Waals surface area contributed by atoms with Crippen LogP contribution in [-0.2, 0) is 19.8 Å². The van der Waals surface area contributed by atoms with E-state index in [1.54, 1.807) is 14.2 Å². The van der Waals surface area contributed by atoms with Crippen LogP contribution in [0, 0.1) is 0 Å². The smallest absolute Gasteiger partial charge is 0.377 e. The first-order chi connectivity index (χ1) is 7.70. The molecule has 0 bridgehead atoms. The quantitative estimate of drug-likeness (QED) is 0.447. The van der Waals surface area contributed by atoms with Crippen molar-refractivity contribution in [2.45, 2.75) is 13.1 Å². The highest BCUT2D eigenvalue weighted by atomic mass is 28.4. The molecule has 0 aliphatic rings. The van der Waals surface area contributed by atoms with Crippen LogP contribution in [0.1, 0.15) is 5.56 Å². The second kappa shape index (κ2) is 6.77. The molecule has 0 atom stereocenters. The molecule has 0 fully saturated rings. The lowest BCUT2D eigenvalue weighted by molar-refractivity contribution is 0.0966. The summed E-state index contributed by atoms with van der Waals surface area (Å²) < 4.78 is 15.9. The topological polar surface area (TPSA) is 39.7 Å². The summed E-state index contributed by atoms with van der Waals surface area (Å²) >= 11 is 0. The second-order valence-electron chi connectivity index (χ2n) is 3.47. The molecule has 0 saturated heterocycles. The first-order valence-corrected chi connectivity index (χ1v) is 7.41. The number of hydrogen-bond acceptors (Lipinski definition) is 4. The van der Waals surface area contributed by atoms with E-state index >= 15 is 0 Å². The summed E-state index contributed by atoms with van der Waals surface area (Å²) in [7, 11) is 0.810. The Morgan fingerprint density at radius 2 is 1.75 bits per heavy atom. The van der Waals surface area contributed by atoms with Crippen molar-refractivity contribution >= 4 is 8.80 Å². The van der Waals surface area contributed by atoms with E-state index in [2.05, 4.69) is 17.4 Å². The summed E-state index contributed by atoms with van der Waals surface area (Å²) in [6.07, 6.45) is 0. The molecule has 1 N–H and O–H groups in total. The lowest BCUT2D eigenvalue weighted by Crippen LogP contribution is -2.42. The zero-order valence-corrected chi connectivity index (χ0v) is 11.0. The average molecular weight is 241 g/mol. The van der Waals surface area contributed by atoms with Gasteiger partial charge in [0.05, 0.1) is 6.73 Å². The van der Waals surface area contributed by atoms with Crippen molar-refractivity contribution in [1.29, 1.82) is 0 Å². The van der Waals surface area contributed by atoms with Crippen molar-refractivity contribution in [2.75, 3.05) is 21.0 Å². The predicted molar refractivity (Wildman–Crippen MR) is 64.9 cm³/mol. The van der Waals surface area contributed by atoms with Crippen LogP contribution in [0.2, 0.25) is 6.55 Å². The fraction of sp³-hybridized carbons (Fsp3) is 0.455. The maximum atomic E-state index is 5.53. The summed E-state index contributed by atoms with van der Waals surface area (Å²) in [6.45, 7) is 3.06. The third-order valence-corrected chi connectivity index (χ3v) is 4.50.